The first-order chi connectivity index (χ1) is 10.4. The lowest BCUT2D eigenvalue weighted by Crippen LogP contribution is -2.31. The number of hydrogen-bond donors (Lipinski definition) is 1. The maximum Gasteiger partial charge on any atom is 0.258 e. The second-order valence-corrected chi connectivity index (χ2v) is 5.30. The van der Waals surface area contributed by atoms with E-state index < -0.39 is 5.92 Å². The third kappa shape index (κ3) is 1.91. The second kappa shape index (κ2) is 4.81. The summed E-state index contributed by atoms with van der Waals surface area (Å²) in [5.41, 5.74) is 6.93. The normalized spacial score (nSPS) is 16.9. The minimum atomic E-state index is -0.651. The number of pyridine rings is 1. The van der Waals surface area contributed by atoms with Crippen LogP contribution in [0.15, 0.2) is 38.9 Å². The quantitative estimate of drug-likeness (QED) is 0.866. The molecule has 1 atom stereocenters. The van der Waals surface area contributed by atoms with Gasteiger partial charge in [-0.15, -0.1) is 0 Å². The maximum absolute atomic E-state index is 12.7. The van der Waals surface area contributed by atoms with Gasteiger partial charge in [-0.05, 0) is 26.0 Å². The predicted molar refractivity (Wildman–Crippen MR) is 79.2 cm³/mol. The highest BCUT2D eigenvalue weighted by atomic mass is 16.5. The smallest absolute Gasteiger partial charge is 0.258 e. The van der Waals surface area contributed by atoms with Gasteiger partial charge in [0.25, 0.3) is 5.56 Å². The van der Waals surface area contributed by atoms with Crippen LogP contribution in [0, 0.1) is 25.2 Å². The van der Waals surface area contributed by atoms with Crippen LogP contribution in [0.2, 0.25) is 0 Å². The summed E-state index contributed by atoms with van der Waals surface area (Å²) in [5.74, 6) is 0.921. The van der Waals surface area contributed by atoms with Crippen LogP contribution in [0.3, 0.4) is 0 Å². The van der Waals surface area contributed by atoms with Gasteiger partial charge < -0.3 is 19.5 Å². The standard InChI is InChI=1S/C16H15N3O3/c1-8-6-12-14(16(20)19(8)3)13(10(7-17)15(18)22-12)11-5-4-9(2)21-11/h4-6,13H,18H2,1-3H3/t13-/m1/s1. The Morgan fingerprint density at radius 2 is 2.09 bits per heavy atom. The molecule has 0 saturated heterocycles. The Bertz CT molecular complexity index is 896. The van der Waals surface area contributed by atoms with E-state index in [1.54, 1.807) is 39.1 Å². The van der Waals surface area contributed by atoms with Gasteiger partial charge in [-0.25, -0.2) is 0 Å². The molecule has 1 aliphatic heterocycles. The fourth-order valence-corrected chi connectivity index (χ4v) is 2.63. The van der Waals surface area contributed by atoms with Gasteiger partial charge in [0.15, 0.2) is 0 Å². The molecule has 0 amide bonds. The van der Waals surface area contributed by atoms with Gasteiger partial charge in [0, 0.05) is 18.8 Å². The zero-order valence-electron chi connectivity index (χ0n) is 12.5. The number of hydrogen-bond acceptors (Lipinski definition) is 5. The molecule has 2 aromatic rings. The number of nitriles is 1. The number of nitrogens with two attached hydrogens (primary N) is 1. The van der Waals surface area contributed by atoms with Gasteiger partial charge in [-0.1, -0.05) is 0 Å². The molecule has 6 nitrogen and oxygen atoms in total. The average Bonchev–Trinajstić information content (AvgIpc) is 2.90. The van der Waals surface area contributed by atoms with Crippen molar-refractivity contribution >= 4 is 0 Å². The van der Waals surface area contributed by atoms with Crippen molar-refractivity contribution < 1.29 is 9.15 Å². The van der Waals surface area contributed by atoms with Crippen LogP contribution >= 0.6 is 0 Å². The first-order valence-electron chi connectivity index (χ1n) is 6.78. The lowest BCUT2D eigenvalue weighted by atomic mass is 9.88. The van der Waals surface area contributed by atoms with Crippen LogP contribution in [0.1, 0.15) is 28.7 Å². The monoisotopic (exact) mass is 297 g/mol. The molecule has 22 heavy (non-hydrogen) atoms. The Morgan fingerprint density at radius 1 is 1.36 bits per heavy atom. The van der Waals surface area contributed by atoms with Crippen LogP contribution in [0.4, 0.5) is 0 Å². The molecule has 0 saturated carbocycles. The number of rotatable bonds is 1. The van der Waals surface area contributed by atoms with E-state index in [0.717, 1.165) is 5.69 Å². The molecule has 0 spiro atoms. The third-order valence-corrected chi connectivity index (χ3v) is 3.90. The van der Waals surface area contributed by atoms with E-state index in [0.29, 0.717) is 22.8 Å². The van der Waals surface area contributed by atoms with Crippen molar-refractivity contribution in [1.29, 1.82) is 5.26 Å². The minimum absolute atomic E-state index is 0.00158. The number of fused-ring (bicyclic) bond motifs is 1. The molecule has 112 valence electrons. The van der Waals surface area contributed by atoms with E-state index in [2.05, 4.69) is 0 Å². The molecule has 6 heteroatoms. The molecule has 3 rings (SSSR count). The molecule has 3 heterocycles. The first kappa shape index (κ1) is 14.0. The van der Waals surface area contributed by atoms with Crippen molar-refractivity contribution in [2.45, 2.75) is 19.8 Å². The van der Waals surface area contributed by atoms with E-state index >= 15 is 0 Å². The maximum atomic E-state index is 12.7. The Hall–Kier alpha value is -2.94. The van der Waals surface area contributed by atoms with Crippen molar-refractivity contribution in [2.24, 2.45) is 12.8 Å². The molecule has 2 aromatic heterocycles. The molecule has 1 aliphatic rings. The van der Waals surface area contributed by atoms with Crippen molar-refractivity contribution in [2.75, 3.05) is 0 Å². The SMILES string of the molecule is Cc1ccc([C@H]2C(C#N)=C(N)Oc3cc(C)n(C)c(=O)c32)o1. The van der Waals surface area contributed by atoms with Crippen molar-refractivity contribution in [3.8, 4) is 11.8 Å². The van der Waals surface area contributed by atoms with Gasteiger partial charge in [-0.3, -0.25) is 4.79 Å². The van der Waals surface area contributed by atoms with Crippen molar-refractivity contribution in [3.05, 3.63) is 62.8 Å². The highest BCUT2D eigenvalue weighted by molar-refractivity contribution is 5.53. The minimum Gasteiger partial charge on any atom is -0.465 e. The topological polar surface area (TPSA) is 94.2 Å². The largest absolute Gasteiger partial charge is 0.465 e. The summed E-state index contributed by atoms with van der Waals surface area (Å²) in [5, 5.41) is 9.42. The Labute approximate surface area is 127 Å². The molecule has 0 unspecified atom stereocenters. The van der Waals surface area contributed by atoms with Crippen LogP contribution < -0.4 is 16.0 Å². The molecular weight excluding hydrogens is 282 g/mol. The molecule has 0 radical (unpaired) electrons. The van der Waals surface area contributed by atoms with Gasteiger partial charge in [0.1, 0.15) is 28.9 Å². The van der Waals surface area contributed by atoms with Gasteiger partial charge in [0.2, 0.25) is 5.88 Å². The van der Waals surface area contributed by atoms with Crippen LogP contribution in [-0.4, -0.2) is 4.57 Å². The summed E-state index contributed by atoms with van der Waals surface area (Å²) in [4.78, 5) is 12.7. The predicted octanol–water partition coefficient (Wildman–Crippen LogP) is 1.81. The van der Waals surface area contributed by atoms with Gasteiger partial charge in [-0.2, -0.15) is 5.26 Å². The van der Waals surface area contributed by atoms with E-state index in [9.17, 15) is 10.1 Å². The number of aromatic nitrogens is 1. The fraction of sp³-hybridized carbons (Fsp3) is 0.250. The van der Waals surface area contributed by atoms with Crippen molar-refractivity contribution in [3.63, 3.8) is 0 Å². The second-order valence-electron chi connectivity index (χ2n) is 5.30. The van der Waals surface area contributed by atoms with Crippen molar-refractivity contribution in [1.82, 2.24) is 4.57 Å². The lowest BCUT2D eigenvalue weighted by Gasteiger charge is -2.25. The van der Waals surface area contributed by atoms with E-state index in [1.807, 2.05) is 6.07 Å². The van der Waals surface area contributed by atoms with Crippen LogP contribution in [0.25, 0.3) is 0 Å². The Morgan fingerprint density at radius 3 is 2.68 bits per heavy atom. The van der Waals surface area contributed by atoms with E-state index in [4.69, 9.17) is 14.9 Å². The summed E-state index contributed by atoms with van der Waals surface area (Å²) in [7, 11) is 1.68. The van der Waals surface area contributed by atoms with Crippen LogP contribution in [-0.2, 0) is 7.05 Å². The number of allylic oxidation sites excluding steroid dienone is 1. The Kier molecular flexibility index (Phi) is 3.06. The molecule has 0 bridgehead atoms. The zero-order valence-corrected chi connectivity index (χ0v) is 12.5. The number of ether oxygens (including phenoxy) is 1. The highest BCUT2D eigenvalue weighted by Crippen LogP contribution is 2.40. The summed E-state index contributed by atoms with van der Waals surface area (Å²) in [6.45, 7) is 3.60. The summed E-state index contributed by atoms with van der Waals surface area (Å²) >= 11 is 0. The molecule has 0 aromatic carbocycles. The summed E-state index contributed by atoms with van der Waals surface area (Å²) < 4.78 is 12.6. The highest BCUT2D eigenvalue weighted by Gasteiger charge is 2.35. The van der Waals surface area contributed by atoms with E-state index in [-0.39, 0.29) is 17.0 Å². The number of furan rings is 1. The van der Waals surface area contributed by atoms with Crippen LogP contribution in [0.5, 0.6) is 5.75 Å². The lowest BCUT2D eigenvalue weighted by molar-refractivity contribution is 0.377. The van der Waals surface area contributed by atoms with Gasteiger partial charge in [0.05, 0.1) is 11.5 Å². The Balaban J connectivity index is 2.35. The number of aryl methyl sites for hydroxylation is 2. The summed E-state index contributed by atoms with van der Waals surface area (Å²) in [6, 6.07) is 7.31. The average molecular weight is 297 g/mol. The fourth-order valence-electron chi connectivity index (χ4n) is 2.63. The molecule has 2 N–H and O–H groups in total. The third-order valence-electron chi connectivity index (χ3n) is 3.90. The molecule has 0 aliphatic carbocycles. The van der Waals surface area contributed by atoms with E-state index in [1.165, 1.54) is 4.57 Å². The molecule has 0 fully saturated rings. The number of nitrogens with zero attached hydrogens (tertiary/aromatic N) is 2. The first-order valence-corrected chi connectivity index (χ1v) is 6.78. The van der Waals surface area contributed by atoms with Gasteiger partial charge >= 0.3 is 0 Å². The molecular formula is C16H15N3O3. The zero-order chi connectivity index (χ0) is 16.0. The summed E-state index contributed by atoms with van der Waals surface area (Å²) in [6.07, 6.45) is 0.